The van der Waals surface area contributed by atoms with Crippen LogP contribution in [-0.4, -0.2) is 33.7 Å². The van der Waals surface area contributed by atoms with E-state index >= 15 is 0 Å². The summed E-state index contributed by atoms with van der Waals surface area (Å²) in [6.45, 7) is 0. The highest BCUT2D eigenvalue weighted by Crippen LogP contribution is 2.25. The summed E-state index contributed by atoms with van der Waals surface area (Å²) in [5, 5.41) is 21.4. The number of phenols is 2. The molecule has 1 amide bonds. The molecule has 0 radical (unpaired) electrons. The number of aromatic hydroxyl groups is 2. The Balaban J connectivity index is 2.01. The maximum atomic E-state index is 11.9. The fourth-order valence-corrected chi connectivity index (χ4v) is 2.86. The first-order valence-electron chi connectivity index (χ1n) is 5.57. The summed E-state index contributed by atoms with van der Waals surface area (Å²) in [4.78, 5) is 11.9. The molecule has 0 aliphatic carbocycles. The van der Waals surface area contributed by atoms with E-state index in [2.05, 4.69) is 5.32 Å². The van der Waals surface area contributed by atoms with E-state index in [1.54, 1.807) is 0 Å². The van der Waals surface area contributed by atoms with Gasteiger partial charge in [-0.25, -0.2) is 0 Å². The number of carbonyl (C=O) groups is 1. The molecular weight excluding hydrogens is 238 g/mol. The van der Waals surface area contributed by atoms with E-state index in [0.29, 0.717) is 5.56 Å². The maximum absolute atomic E-state index is 11.9. The number of hydrogen-bond donors (Lipinski definition) is 3. The zero-order chi connectivity index (χ0) is 12.3. The van der Waals surface area contributed by atoms with Crippen LogP contribution >= 0.6 is 11.8 Å². The van der Waals surface area contributed by atoms with Crippen LogP contribution < -0.4 is 5.32 Å². The smallest absolute Gasteiger partial charge is 0.251 e. The van der Waals surface area contributed by atoms with Gasteiger partial charge in [0.25, 0.3) is 5.91 Å². The Hall–Kier alpha value is -1.36. The van der Waals surface area contributed by atoms with Gasteiger partial charge in [-0.3, -0.25) is 4.79 Å². The van der Waals surface area contributed by atoms with Gasteiger partial charge in [-0.2, -0.15) is 11.8 Å². The number of hydrogen-bond acceptors (Lipinski definition) is 4. The molecule has 1 aliphatic rings. The molecule has 17 heavy (non-hydrogen) atoms. The van der Waals surface area contributed by atoms with Crippen molar-refractivity contribution in [2.75, 3.05) is 11.5 Å². The summed E-state index contributed by atoms with van der Waals surface area (Å²) in [5.74, 6) is 1.42. The predicted molar refractivity (Wildman–Crippen MR) is 67.6 cm³/mol. The van der Waals surface area contributed by atoms with Crippen LogP contribution in [0.15, 0.2) is 18.2 Å². The molecule has 92 valence electrons. The second-order valence-electron chi connectivity index (χ2n) is 4.09. The third kappa shape index (κ3) is 3.06. The number of carbonyl (C=O) groups excluding carboxylic acids is 1. The minimum atomic E-state index is -0.268. The molecule has 1 heterocycles. The lowest BCUT2D eigenvalue weighted by Crippen LogP contribution is -2.38. The molecular formula is C12H15NO3S. The van der Waals surface area contributed by atoms with Crippen molar-refractivity contribution in [3.05, 3.63) is 23.8 Å². The molecule has 1 atom stereocenters. The van der Waals surface area contributed by atoms with Crippen molar-refractivity contribution in [3.8, 4) is 11.5 Å². The molecule has 1 aromatic carbocycles. The van der Waals surface area contributed by atoms with Crippen molar-refractivity contribution in [3.63, 3.8) is 0 Å². The van der Waals surface area contributed by atoms with E-state index in [1.165, 1.54) is 18.2 Å². The van der Waals surface area contributed by atoms with Crippen LogP contribution in [0.1, 0.15) is 23.2 Å². The molecule has 1 aliphatic heterocycles. The zero-order valence-electron chi connectivity index (χ0n) is 9.35. The molecule has 5 heteroatoms. The largest absolute Gasteiger partial charge is 0.504 e. The van der Waals surface area contributed by atoms with Crippen LogP contribution in [0.5, 0.6) is 11.5 Å². The molecule has 1 unspecified atom stereocenters. The number of thioether (sulfide) groups is 1. The van der Waals surface area contributed by atoms with Gasteiger partial charge < -0.3 is 15.5 Å². The van der Waals surface area contributed by atoms with Gasteiger partial charge in [0.05, 0.1) is 0 Å². The minimum Gasteiger partial charge on any atom is -0.504 e. The molecule has 1 saturated heterocycles. The van der Waals surface area contributed by atoms with E-state index in [0.717, 1.165) is 24.3 Å². The molecule has 0 bridgehead atoms. The van der Waals surface area contributed by atoms with Crippen molar-refractivity contribution in [2.45, 2.75) is 18.9 Å². The van der Waals surface area contributed by atoms with E-state index in [1.807, 2.05) is 11.8 Å². The first-order valence-corrected chi connectivity index (χ1v) is 6.73. The highest BCUT2D eigenvalue weighted by atomic mass is 32.2. The van der Waals surface area contributed by atoms with Gasteiger partial charge in [-0.1, -0.05) is 0 Å². The number of amides is 1. The topological polar surface area (TPSA) is 69.6 Å². The third-order valence-electron chi connectivity index (χ3n) is 2.73. The second kappa shape index (κ2) is 5.31. The number of rotatable bonds is 2. The lowest BCUT2D eigenvalue weighted by atomic mass is 10.1. The number of benzene rings is 1. The third-order valence-corrected chi connectivity index (χ3v) is 3.95. The Morgan fingerprint density at radius 2 is 2.18 bits per heavy atom. The minimum absolute atomic E-state index is 0.201. The normalized spacial score (nSPS) is 19.9. The van der Waals surface area contributed by atoms with Crippen molar-refractivity contribution in [1.29, 1.82) is 0 Å². The van der Waals surface area contributed by atoms with E-state index < -0.39 is 0 Å². The maximum Gasteiger partial charge on any atom is 0.251 e. The van der Waals surface area contributed by atoms with Crippen LogP contribution in [0.3, 0.4) is 0 Å². The Morgan fingerprint density at radius 3 is 2.82 bits per heavy atom. The Labute approximate surface area is 104 Å². The SMILES string of the molecule is O=C(NC1CCCSC1)c1ccc(O)c(O)c1. The van der Waals surface area contributed by atoms with Crippen LogP contribution in [0.4, 0.5) is 0 Å². The van der Waals surface area contributed by atoms with Crippen molar-refractivity contribution in [2.24, 2.45) is 0 Å². The molecule has 3 N–H and O–H groups in total. The first-order chi connectivity index (χ1) is 8.16. The summed E-state index contributed by atoms with van der Waals surface area (Å²) in [6.07, 6.45) is 2.12. The van der Waals surface area contributed by atoms with Gasteiger partial charge in [0.15, 0.2) is 11.5 Å². The fraction of sp³-hybridized carbons (Fsp3) is 0.417. The lowest BCUT2D eigenvalue weighted by molar-refractivity contribution is 0.0938. The Morgan fingerprint density at radius 1 is 1.35 bits per heavy atom. The standard InChI is InChI=1S/C12H15NO3S/c14-10-4-3-8(6-11(10)15)12(16)13-9-2-1-5-17-7-9/h3-4,6,9,14-15H,1-2,5,7H2,(H,13,16). The van der Waals surface area contributed by atoms with E-state index in [-0.39, 0.29) is 23.4 Å². The monoisotopic (exact) mass is 253 g/mol. The zero-order valence-corrected chi connectivity index (χ0v) is 10.2. The van der Waals surface area contributed by atoms with Gasteiger partial charge in [0.1, 0.15) is 0 Å². The van der Waals surface area contributed by atoms with Crippen LogP contribution in [0.2, 0.25) is 0 Å². The van der Waals surface area contributed by atoms with Crippen LogP contribution in [0, 0.1) is 0 Å². The number of phenolic OH excluding ortho intramolecular Hbond substituents is 2. The summed E-state index contributed by atoms with van der Waals surface area (Å²) < 4.78 is 0. The Bertz CT molecular complexity index is 416. The molecule has 0 aromatic heterocycles. The average Bonchev–Trinajstić information content (AvgIpc) is 2.34. The summed E-state index contributed by atoms with van der Waals surface area (Å²) in [5.41, 5.74) is 0.371. The van der Waals surface area contributed by atoms with Gasteiger partial charge in [-0.15, -0.1) is 0 Å². The molecule has 1 aromatic rings. The molecule has 0 saturated carbocycles. The predicted octanol–water partition coefficient (Wildman–Crippen LogP) is 1.72. The van der Waals surface area contributed by atoms with Crippen LogP contribution in [-0.2, 0) is 0 Å². The molecule has 0 spiro atoms. The van der Waals surface area contributed by atoms with Crippen LogP contribution in [0.25, 0.3) is 0 Å². The molecule has 2 rings (SSSR count). The first kappa shape index (κ1) is 12.1. The second-order valence-corrected chi connectivity index (χ2v) is 5.24. The van der Waals surface area contributed by atoms with Crippen molar-refractivity contribution in [1.82, 2.24) is 5.32 Å². The quantitative estimate of drug-likeness (QED) is 0.702. The molecule has 1 fully saturated rings. The van der Waals surface area contributed by atoms with E-state index in [9.17, 15) is 9.90 Å². The molecule has 4 nitrogen and oxygen atoms in total. The lowest BCUT2D eigenvalue weighted by Gasteiger charge is -2.22. The highest BCUT2D eigenvalue weighted by Gasteiger charge is 2.17. The van der Waals surface area contributed by atoms with Crippen molar-refractivity contribution >= 4 is 17.7 Å². The van der Waals surface area contributed by atoms with E-state index in [4.69, 9.17) is 5.11 Å². The fourth-order valence-electron chi connectivity index (χ4n) is 1.79. The summed E-state index contributed by atoms with van der Waals surface area (Å²) in [6, 6.07) is 4.30. The average molecular weight is 253 g/mol. The summed E-state index contributed by atoms with van der Waals surface area (Å²) in [7, 11) is 0. The number of nitrogens with one attached hydrogen (secondary N) is 1. The van der Waals surface area contributed by atoms with Gasteiger partial charge in [0, 0.05) is 17.4 Å². The van der Waals surface area contributed by atoms with Gasteiger partial charge in [-0.05, 0) is 36.8 Å². The highest BCUT2D eigenvalue weighted by molar-refractivity contribution is 7.99. The van der Waals surface area contributed by atoms with Crippen molar-refractivity contribution < 1.29 is 15.0 Å². The van der Waals surface area contributed by atoms with Gasteiger partial charge in [0.2, 0.25) is 0 Å². The van der Waals surface area contributed by atoms with Gasteiger partial charge >= 0.3 is 0 Å². The summed E-state index contributed by atoms with van der Waals surface area (Å²) >= 11 is 1.84. The Kier molecular flexibility index (Phi) is 3.78.